The smallest absolute Gasteiger partial charge is 0.410 e. The molecule has 1 amide bonds. The van der Waals surface area contributed by atoms with Crippen molar-refractivity contribution in [2.45, 2.75) is 56.3 Å². The van der Waals surface area contributed by atoms with Crippen LogP contribution in [0.2, 0.25) is 0 Å². The van der Waals surface area contributed by atoms with Crippen LogP contribution in [0.3, 0.4) is 0 Å². The van der Waals surface area contributed by atoms with Gasteiger partial charge in [0.2, 0.25) is 0 Å². The Kier molecular flexibility index (Phi) is 11.3. The molecule has 5 aromatic rings. The Morgan fingerprint density at radius 1 is 0.620 bits per heavy atom. The average Bonchev–Trinajstić information content (AvgIpc) is 3.49. The molecule has 7 heteroatoms. The van der Waals surface area contributed by atoms with Gasteiger partial charge in [0, 0.05) is 5.92 Å². The first-order valence-electron chi connectivity index (χ1n) is 17.4. The maximum atomic E-state index is 14.3. The molecule has 0 spiro atoms. The first kappa shape index (κ1) is 34.1. The summed E-state index contributed by atoms with van der Waals surface area (Å²) in [6, 6.07) is 47.2. The van der Waals surface area contributed by atoms with Gasteiger partial charge in [-0.3, -0.25) is 4.90 Å². The molecule has 50 heavy (non-hydrogen) atoms. The number of thioether (sulfide) groups is 1. The lowest BCUT2D eigenvalue weighted by Gasteiger charge is -2.47. The molecule has 7 rings (SSSR count). The molecule has 0 saturated carbocycles. The van der Waals surface area contributed by atoms with Crippen molar-refractivity contribution in [1.82, 2.24) is 4.90 Å². The van der Waals surface area contributed by atoms with Crippen molar-refractivity contribution < 1.29 is 23.7 Å². The number of piperidine rings is 1. The van der Waals surface area contributed by atoms with Gasteiger partial charge in [-0.05, 0) is 44.7 Å². The Morgan fingerprint density at radius 3 is 1.60 bits per heavy atom. The quantitative estimate of drug-likeness (QED) is 0.123. The van der Waals surface area contributed by atoms with Gasteiger partial charge >= 0.3 is 6.09 Å². The fourth-order valence-electron chi connectivity index (χ4n) is 7.00. The number of nitrogens with zero attached hydrogens (tertiary/aromatic N) is 1. The van der Waals surface area contributed by atoms with Crippen LogP contribution in [0.5, 0.6) is 0 Å². The second kappa shape index (κ2) is 16.5. The number of carbonyl (C=O) groups excluding carboxylic acids is 1. The molecular weight excluding hydrogens is 643 g/mol. The summed E-state index contributed by atoms with van der Waals surface area (Å²) >= 11 is 1.67. The summed E-state index contributed by atoms with van der Waals surface area (Å²) in [5, 5.41) is -0.350. The fourth-order valence-corrected chi connectivity index (χ4v) is 8.12. The molecule has 1 saturated heterocycles. The van der Waals surface area contributed by atoms with Gasteiger partial charge in [-0.1, -0.05) is 146 Å². The zero-order valence-corrected chi connectivity index (χ0v) is 29.1. The number of benzene rings is 5. The van der Waals surface area contributed by atoms with Crippen LogP contribution in [0.4, 0.5) is 4.79 Å². The molecule has 0 aromatic heterocycles. The lowest BCUT2D eigenvalue weighted by Crippen LogP contribution is -2.63. The molecule has 0 radical (unpaired) electrons. The minimum atomic E-state index is -0.487. The summed E-state index contributed by atoms with van der Waals surface area (Å²) in [6.45, 7) is 3.81. The maximum Gasteiger partial charge on any atom is 0.410 e. The van der Waals surface area contributed by atoms with Crippen LogP contribution in [0.25, 0.3) is 11.1 Å². The molecule has 1 aliphatic heterocycles. The predicted octanol–water partition coefficient (Wildman–Crippen LogP) is 9.09. The van der Waals surface area contributed by atoms with Gasteiger partial charge in [-0.25, -0.2) is 4.79 Å². The van der Waals surface area contributed by atoms with Crippen molar-refractivity contribution in [3.05, 3.63) is 167 Å². The number of hydrogen-bond acceptors (Lipinski definition) is 6. The Bertz CT molecular complexity index is 1780. The van der Waals surface area contributed by atoms with E-state index >= 15 is 0 Å². The van der Waals surface area contributed by atoms with Gasteiger partial charge in [-0.15, -0.1) is 11.8 Å². The summed E-state index contributed by atoms with van der Waals surface area (Å²) < 4.78 is 26.5. The normalized spacial score (nSPS) is 19.9. The minimum absolute atomic E-state index is 0.0365. The molecule has 2 aliphatic rings. The third kappa shape index (κ3) is 7.82. The van der Waals surface area contributed by atoms with Crippen LogP contribution < -0.4 is 0 Å². The predicted molar refractivity (Wildman–Crippen MR) is 199 cm³/mol. The molecule has 4 atom stereocenters. The third-order valence-corrected chi connectivity index (χ3v) is 10.6. The molecule has 5 aromatic carbocycles. The SMILES string of the molecule is CCS[C@@H]1[C@@H](OCc2ccccc2)[C@H](OCc2ccccc2)[C@H](OCc2ccccc2)CN1C(=O)OCC1c2ccccc2-c2ccccc21. The number of rotatable bonds is 13. The third-order valence-electron chi connectivity index (χ3n) is 9.44. The van der Waals surface area contributed by atoms with E-state index in [0.29, 0.717) is 26.4 Å². The lowest BCUT2D eigenvalue weighted by molar-refractivity contribution is -0.185. The number of hydrogen-bond donors (Lipinski definition) is 0. The zero-order valence-electron chi connectivity index (χ0n) is 28.3. The Labute approximate surface area is 299 Å². The van der Waals surface area contributed by atoms with Crippen LogP contribution in [-0.2, 0) is 38.8 Å². The number of ether oxygens (including phenoxy) is 4. The van der Waals surface area contributed by atoms with E-state index in [-0.39, 0.29) is 24.0 Å². The summed E-state index contributed by atoms with van der Waals surface area (Å²) in [5.74, 6) is 0.745. The zero-order chi connectivity index (χ0) is 34.1. The van der Waals surface area contributed by atoms with E-state index < -0.39 is 18.3 Å². The van der Waals surface area contributed by atoms with Crippen molar-refractivity contribution in [3.63, 3.8) is 0 Å². The van der Waals surface area contributed by atoms with Crippen LogP contribution in [-0.4, -0.2) is 53.6 Å². The summed E-state index contributed by atoms with van der Waals surface area (Å²) in [7, 11) is 0. The number of fused-ring (bicyclic) bond motifs is 3. The fraction of sp³-hybridized carbons (Fsp3) is 0.279. The van der Waals surface area contributed by atoms with E-state index in [1.165, 1.54) is 22.3 Å². The number of amides is 1. The molecule has 0 unspecified atom stereocenters. The maximum absolute atomic E-state index is 14.3. The lowest BCUT2D eigenvalue weighted by atomic mass is 9.98. The van der Waals surface area contributed by atoms with E-state index in [9.17, 15) is 4.79 Å². The first-order valence-corrected chi connectivity index (χ1v) is 18.4. The highest BCUT2D eigenvalue weighted by Crippen LogP contribution is 2.45. The van der Waals surface area contributed by atoms with E-state index in [2.05, 4.69) is 79.7 Å². The second-order valence-electron chi connectivity index (χ2n) is 12.7. The van der Waals surface area contributed by atoms with Crippen molar-refractivity contribution in [2.24, 2.45) is 0 Å². The van der Waals surface area contributed by atoms with Crippen LogP contribution in [0.1, 0.15) is 40.7 Å². The Morgan fingerprint density at radius 2 is 1.08 bits per heavy atom. The van der Waals surface area contributed by atoms with Crippen LogP contribution in [0.15, 0.2) is 140 Å². The summed E-state index contributed by atoms with van der Waals surface area (Å²) in [5.41, 5.74) is 7.93. The van der Waals surface area contributed by atoms with Crippen LogP contribution >= 0.6 is 11.8 Å². The topological polar surface area (TPSA) is 57.2 Å². The van der Waals surface area contributed by atoms with Gasteiger partial charge < -0.3 is 18.9 Å². The summed E-state index contributed by atoms with van der Waals surface area (Å²) in [6.07, 6.45) is -1.77. The van der Waals surface area contributed by atoms with Gasteiger partial charge in [0.15, 0.2) is 0 Å². The number of carbonyl (C=O) groups is 1. The highest BCUT2D eigenvalue weighted by Gasteiger charge is 2.48. The van der Waals surface area contributed by atoms with Gasteiger partial charge in [-0.2, -0.15) is 0 Å². The van der Waals surface area contributed by atoms with Crippen molar-refractivity contribution in [2.75, 3.05) is 18.9 Å². The number of likely N-dealkylation sites (tertiary alicyclic amines) is 1. The van der Waals surface area contributed by atoms with Gasteiger partial charge in [0.1, 0.15) is 30.3 Å². The molecule has 0 N–H and O–H groups in total. The standard InChI is InChI=1S/C43H43NO5S/c1-2-50-42-41(48-29-33-20-10-5-11-21-33)40(47-28-32-18-8-4-9-19-32)39(46-27-31-16-6-3-7-17-31)26-44(42)43(45)49-30-38-36-24-14-12-22-34(36)35-23-13-15-25-37(35)38/h3-25,38-42H,2,26-30H2,1H3/t39-,40-,41+,42-/m1/s1. The highest BCUT2D eigenvalue weighted by molar-refractivity contribution is 7.99. The molecule has 1 aliphatic carbocycles. The van der Waals surface area contributed by atoms with Crippen molar-refractivity contribution >= 4 is 17.9 Å². The van der Waals surface area contributed by atoms with E-state index in [1.807, 2.05) is 71.6 Å². The van der Waals surface area contributed by atoms with E-state index in [4.69, 9.17) is 18.9 Å². The molecule has 1 fully saturated rings. The second-order valence-corrected chi connectivity index (χ2v) is 14.1. The Balaban J connectivity index is 1.17. The molecule has 6 nitrogen and oxygen atoms in total. The highest BCUT2D eigenvalue weighted by atomic mass is 32.2. The van der Waals surface area contributed by atoms with Gasteiger partial charge in [0.25, 0.3) is 0 Å². The molecule has 1 heterocycles. The van der Waals surface area contributed by atoms with E-state index in [1.54, 1.807) is 11.8 Å². The molecular formula is C43H43NO5S. The van der Waals surface area contributed by atoms with Gasteiger partial charge in [0.05, 0.1) is 26.4 Å². The Hall–Kier alpha value is -4.40. The van der Waals surface area contributed by atoms with Crippen molar-refractivity contribution in [3.8, 4) is 11.1 Å². The molecule has 0 bridgehead atoms. The van der Waals surface area contributed by atoms with Crippen LogP contribution in [0, 0.1) is 0 Å². The van der Waals surface area contributed by atoms with Crippen molar-refractivity contribution in [1.29, 1.82) is 0 Å². The molecule has 256 valence electrons. The summed E-state index contributed by atoms with van der Waals surface area (Å²) in [4.78, 5) is 16.1. The minimum Gasteiger partial charge on any atom is -0.448 e. The largest absolute Gasteiger partial charge is 0.448 e. The monoisotopic (exact) mass is 685 g/mol. The average molecular weight is 686 g/mol. The van der Waals surface area contributed by atoms with E-state index in [0.717, 1.165) is 22.4 Å². The first-order chi connectivity index (χ1) is 24.7.